The summed E-state index contributed by atoms with van der Waals surface area (Å²) in [5.74, 6) is 3.28. The highest BCUT2D eigenvalue weighted by atomic mass is 32.2. The first-order valence-corrected chi connectivity index (χ1v) is 10.5. The van der Waals surface area contributed by atoms with Crippen molar-refractivity contribution in [2.45, 2.75) is 37.9 Å². The van der Waals surface area contributed by atoms with Crippen molar-refractivity contribution in [3.63, 3.8) is 0 Å². The maximum Gasteiger partial charge on any atom is 0.192 e. The zero-order chi connectivity index (χ0) is 20.1. The predicted molar refractivity (Wildman–Crippen MR) is 114 cm³/mol. The van der Waals surface area contributed by atoms with Crippen molar-refractivity contribution in [2.75, 3.05) is 0 Å². The van der Waals surface area contributed by atoms with E-state index >= 15 is 0 Å². The average Bonchev–Trinajstić information content (AvgIpc) is 3.37. The molecule has 5 nitrogen and oxygen atoms in total. The third kappa shape index (κ3) is 5.09. The lowest BCUT2D eigenvalue weighted by Gasteiger charge is -2.10. The molecule has 0 unspecified atom stereocenters. The van der Waals surface area contributed by atoms with Crippen molar-refractivity contribution in [1.82, 2.24) is 14.8 Å². The van der Waals surface area contributed by atoms with Crippen LogP contribution in [0, 0.1) is 13.8 Å². The number of rotatable bonds is 8. The zero-order valence-electron chi connectivity index (χ0n) is 16.5. The van der Waals surface area contributed by atoms with E-state index in [1.807, 2.05) is 36.4 Å². The Morgan fingerprint density at radius 1 is 0.966 bits per heavy atom. The maximum absolute atomic E-state index is 5.94. The molecule has 2 aromatic carbocycles. The predicted octanol–water partition coefficient (Wildman–Crippen LogP) is 5.41. The van der Waals surface area contributed by atoms with Crippen LogP contribution in [0.25, 0.3) is 0 Å². The third-order valence-electron chi connectivity index (χ3n) is 4.53. The molecule has 6 heteroatoms. The fraction of sp³-hybridized carbons (Fsp3) is 0.217. The van der Waals surface area contributed by atoms with E-state index in [2.05, 4.69) is 52.9 Å². The number of nitrogens with zero attached hydrogens (tertiary/aromatic N) is 3. The second-order valence-corrected chi connectivity index (χ2v) is 7.89. The normalized spacial score (nSPS) is 11.0. The minimum Gasteiger partial charge on any atom is -0.486 e. The Balaban J connectivity index is 1.51. The van der Waals surface area contributed by atoms with E-state index < -0.39 is 0 Å². The monoisotopic (exact) mass is 405 g/mol. The van der Waals surface area contributed by atoms with Crippen LogP contribution in [0.4, 0.5) is 0 Å². The molecule has 0 fully saturated rings. The Kier molecular flexibility index (Phi) is 6.00. The van der Waals surface area contributed by atoms with Crippen molar-refractivity contribution in [2.24, 2.45) is 0 Å². The molecule has 148 valence electrons. The number of furan rings is 1. The fourth-order valence-corrected chi connectivity index (χ4v) is 3.88. The Labute approximate surface area is 174 Å². The van der Waals surface area contributed by atoms with Crippen LogP contribution in [0.3, 0.4) is 0 Å². The van der Waals surface area contributed by atoms with Gasteiger partial charge in [-0.2, -0.15) is 0 Å². The Bertz CT molecular complexity index is 1060. The summed E-state index contributed by atoms with van der Waals surface area (Å²) < 4.78 is 13.5. The molecular weight excluding hydrogens is 382 g/mol. The van der Waals surface area contributed by atoms with Crippen LogP contribution in [0.5, 0.6) is 5.75 Å². The van der Waals surface area contributed by atoms with Crippen molar-refractivity contribution < 1.29 is 9.15 Å². The maximum atomic E-state index is 5.94. The van der Waals surface area contributed by atoms with Crippen LogP contribution in [0.2, 0.25) is 0 Å². The van der Waals surface area contributed by atoms with E-state index in [4.69, 9.17) is 9.15 Å². The van der Waals surface area contributed by atoms with E-state index in [1.165, 1.54) is 16.7 Å². The van der Waals surface area contributed by atoms with E-state index in [0.29, 0.717) is 13.2 Å². The molecule has 0 spiro atoms. The highest BCUT2D eigenvalue weighted by Crippen LogP contribution is 2.24. The summed E-state index contributed by atoms with van der Waals surface area (Å²) in [5.41, 5.74) is 3.72. The lowest BCUT2D eigenvalue weighted by molar-refractivity contribution is 0.287. The van der Waals surface area contributed by atoms with Gasteiger partial charge in [0.2, 0.25) is 0 Å². The SMILES string of the molecule is Cc1ccc(OCc2nnc(SCc3cccc(C)c3)n2Cc2ccco2)cc1. The van der Waals surface area contributed by atoms with Gasteiger partial charge in [0, 0.05) is 5.75 Å². The number of aryl methyl sites for hydroxylation is 2. The van der Waals surface area contributed by atoms with Gasteiger partial charge < -0.3 is 9.15 Å². The Hall–Kier alpha value is -2.99. The molecule has 4 rings (SSSR count). The van der Waals surface area contributed by atoms with Gasteiger partial charge in [-0.25, -0.2) is 0 Å². The molecular formula is C23H23N3O2S. The highest BCUT2D eigenvalue weighted by molar-refractivity contribution is 7.98. The first-order valence-electron chi connectivity index (χ1n) is 9.49. The minimum atomic E-state index is 0.349. The van der Waals surface area contributed by atoms with Gasteiger partial charge in [0.1, 0.15) is 18.1 Å². The average molecular weight is 406 g/mol. The van der Waals surface area contributed by atoms with Gasteiger partial charge in [0.05, 0.1) is 12.8 Å². The lowest BCUT2D eigenvalue weighted by atomic mass is 10.2. The number of benzene rings is 2. The first kappa shape index (κ1) is 19.3. The van der Waals surface area contributed by atoms with Crippen molar-refractivity contribution in [3.05, 3.63) is 95.2 Å². The summed E-state index contributed by atoms with van der Waals surface area (Å²) in [6.07, 6.45) is 1.68. The fourth-order valence-electron chi connectivity index (χ4n) is 2.98. The Morgan fingerprint density at radius 2 is 1.83 bits per heavy atom. The van der Waals surface area contributed by atoms with Crippen LogP contribution < -0.4 is 4.74 Å². The summed E-state index contributed by atoms with van der Waals surface area (Å²) in [6.45, 7) is 5.08. The molecule has 0 aliphatic carbocycles. The van der Waals surface area contributed by atoms with Crippen molar-refractivity contribution in [1.29, 1.82) is 0 Å². The third-order valence-corrected chi connectivity index (χ3v) is 5.56. The molecule has 4 aromatic rings. The van der Waals surface area contributed by atoms with Crippen LogP contribution in [0.1, 0.15) is 28.3 Å². The summed E-state index contributed by atoms with van der Waals surface area (Å²) in [7, 11) is 0. The smallest absolute Gasteiger partial charge is 0.192 e. The summed E-state index contributed by atoms with van der Waals surface area (Å²) in [4.78, 5) is 0. The second-order valence-electron chi connectivity index (χ2n) is 6.94. The van der Waals surface area contributed by atoms with E-state index in [9.17, 15) is 0 Å². The lowest BCUT2D eigenvalue weighted by Crippen LogP contribution is -2.09. The molecule has 0 saturated heterocycles. The molecule has 0 atom stereocenters. The zero-order valence-corrected chi connectivity index (χ0v) is 17.4. The van der Waals surface area contributed by atoms with Gasteiger partial charge >= 0.3 is 0 Å². The van der Waals surface area contributed by atoms with Gasteiger partial charge in [-0.1, -0.05) is 59.3 Å². The Morgan fingerprint density at radius 3 is 2.59 bits per heavy atom. The molecule has 0 amide bonds. The molecule has 2 heterocycles. The molecule has 29 heavy (non-hydrogen) atoms. The van der Waals surface area contributed by atoms with Gasteiger partial charge in [0.15, 0.2) is 11.0 Å². The van der Waals surface area contributed by atoms with E-state index in [0.717, 1.165) is 28.2 Å². The standard InChI is InChI=1S/C23H23N3O2S/c1-17-8-10-20(11-9-17)28-15-22-24-25-23(26(22)14-21-7-4-12-27-21)29-16-19-6-3-5-18(2)13-19/h3-13H,14-16H2,1-2H3. The summed E-state index contributed by atoms with van der Waals surface area (Å²) >= 11 is 1.67. The van der Waals surface area contributed by atoms with Crippen LogP contribution in [-0.4, -0.2) is 14.8 Å². The number of thioether (sulfide) groups is 1. The molecule has 0 saturated carbocycles. The van der Waals surface area contributed by atoms with Crippen LogP contribution in [0.15, 0.2) is 76.5 Å². The summed E-state index contributed by atoms with van der Waals surface area (Å²) in [6, 6.07) is 20.4. The summed E-state index contributed by atoms with van der Waals surface area (Å²) in [5, 5.41) is 9.65. The molecule has 0 radical (unpaired) electrons. The van der Waals surface area contributed by atoms with Gasteiger partial charge in [0.25, 0.3) is 0 Å². The number of hydrogen-bond acceptors (Lipinski definition) is 5. The van der Waals surface area contributed by atoms with Gasteiger partial charge in [-0.3, -0.25) is 4.57 Å². The number of aromatic nitrogens is 3. The highest BCUT2D eigenvalue weighted by Gasteiger charge is 2.15. The van der Waals surface area contributed by atoms with Gasteiger partial charge in [-0.15, -0.1) is 10.2 Å². The molecule has 2 aromatic heterocycles. The van der Waals surface area contributed by atoms with E-state index in [-0.39, 0.29) is 0 Å². The largest absolute Gasteiger partial charge is 0.486 e. The van der Waals surface area contributed by atoms with Crippen LogP contribution >= 0.6 is 11.8 Å². The first-order chi connectivity index (χ1) is 14.2. The van der Waals surface area contributed by atoms with Crippen molar-refractivity contribution in [3.8, 4) is 5.75 Å². The molecule has 0 aliphatic heterocycles. The van der Waals surface area contributed by atoms with Gasteiger partial charge in [-0.05, 0) is 43.7 Å². The number of hydrogen-bond donors (Lipinski definition) is 0. The molecule has 0 N–H and O–H groups in total. The number of ether oxygens (including phenoxy) is 1. The minimum absolute atomic E-state index is 0.349. The van der Waals surface area contributed by atoms with Crippen molar-refractivity contribution >= 4 is 11.8 Å². The molecule has 0 bridgehead atoms. The quantitative estimate of drug-likeness (QED) is 0.367. The topological polar surface area (TPSA) is 53.1 Å². The molecule has 0 aliphatic rings. The van der Waals surface area contributed by atoms with Crippen LogP contribution in [-0.2, 0) is 18.9 Å². The second kappa shape index (κ2) is 9.01. The van der Waals surface area contributed by atoms with E-state index in [1.54, 1.807) is 18.0 Å².